The van der Waals surface area contributed by atoms with E-state index in [-0.39, 0.29) is 5.69 Å². The molecule has 0 fully saturated rings. The number of rotatable bonds is 3. The van der Waals surface area contributed by atoms with E-state index in [4.69, 9.17) is 5.11 Å². The van der Waals surface area contributed by atoms with Gasteiger partial charge in [-0.25, -0.2) is 9.78 Å². The summed E-state index contributed by atoms with van der Waals surface area (Å²) < 4.78 is 0. The standard InChI is InChI=1S/C11H11NO2S2/c1-3-8-12-9(11(13)14)10(16-8)7-5-4-6(2)15-7/h4-5H,3H2,1-2H3,(H,13,14). The zero-order valence-electron chi connectivity index (χ0n) is 8.98. The molecule has 0 atom stereocenters. The van der Waals surface area contributed by atoms with Crippen molar-refractivity contribution >= 4 is 28.6 Å². The Labute approximate surface area is 101 Å². The highest BCUT2D eigenvalue weighted by atomic mass is 32.1. The third kappa shape index (κ3) is 2.01. The topological polar surface area (TPSA) is 50.2 Å². The first-order chi connectivity index (χ1) is 7.61. The third-order valence-electron chi connectivity index (χ3n) is 2.14. The van der Waals surface area contributed by atoms with Crippen LogP contribution in [0.15, 0.2) is 12.1 Å². The van der Waals surface area contributed by atoms with Gasteiger partial charge in [0.05, 0.1) is 9.88 Å². The van der Waals surface area contributed by atoms with Crippen molar-refractivity contribution in [2.75, 3.05) is 0 Å². The first-order valence-electron chi connectivity index (χ1n) is 4.91. The molecule has 2 heterocycles. The first kappa shape index (κ1) is 11.3. The number of thiophene rings is 1. The average molecular weight is 253 g/mol. The van der Waals surface area contributed by atoms with Gasteiger partial charge < -0.3 is 5.11 Å². The fraction of sp³-hybridized carbons (Fsp3) is 0.273. The normalized spacial score (nSPS) is 10.6. The summed E-state index contributed by atoms with van der Waals surface area (Å²) in [5.41, 5.74) is 0.184. The van der Waals surface area contributed by atoms with Crippen molar-refractivity contribution in [1.82, 2.24) is 4.98 Å². The fourth-order valence-electron chi connectivity index (χ4n) is 1.38. The van der Waals surface area contributed by atoms with Crippen LogP contribution in [0.3, 0.4) is 0 Å². The van der Waals surface area contributed by atoms with E-state index in [2.05, 4.69) is 4.98 Å². The molecule has 2 aromatic rings. The zero-order chi connectivity index (χ0) is 11.7. The van der Waals surface area contributed by atoms with Crippen LogP contribution in [0, 0.1) is 6.92 Å². The Morgan fingerprint density at radius 2 is 2.19 bits per heavy atom. The molecule has 0 bridgehead atoms. The molecular formula is C11H11NO2S2. The SMILES string of the molecule is CCc1nc(C(=O)O)c(-c2ccc(C)s2)s1. The number of thiazole rings is 1. The van der Waals surface area contributed by atoms with Crippen molar-refractivity contribution in [3.63, 3.8) is 0 Å². The summed E-state index contributed by atoms with van der Waals surface area (Å²) in [6.07, 6.45) is 0.773. The molecule has 16 heavy (non-hydrogen) atoms. The molecule has 84 valence electrons. The van der Waals surface area contributed by atoms with Crippen LogP contribution in [0.25, 0.3) is 9.75 Å². The van der Waals surface area contributed by atoms with Gasteiger partial charge in [-0.05, 0) is 25.5 Å². The lowest BCUT2D eigenvalue weighted by molar-refractivity contribution is 0.0692. The van der Waals surface area contributed by atoms with E-state index in [0.717, 1.165) is 21.2 Å². The van der Waals surface area contributed by atoms with Crippen molar-refractivity contribution in [2.24, 2.45) is 0 Å². The minimum absolute atomic E-state index is 0.184. The van der Waals surface area contributed by atoms with Crippen LogP contribution in [0.2, 0.25) is 0 Å². The lowest BCUT2D eigenvalue weighted by Crippen LogP contribution is -1.98. The van der Waals surface area contributed by atoms with Gasteiger partial charge in [-0.15, -0.1) is 22.7 Å². The number of nitrogens with zero attached hydrogens (tertiary/aromatic N) is 1. The maximum absolute atomic E-state index is 11.1. The first-order valence-corrected chi connectivity index (χ1v) is 6.55. The zero-order valence-corrected chi connectivity index (χ0v) is 10.6. The van der Waals surface area contributed by atoms with Crippen molar-refractivity contribution in [1.29, 1.82) is 0 Å². The monoisotopic (exact) mass is 253 g/mol. The second-order valence-electron chi connectivity index (χ2n) is 3.35. The Balaban J connectivity index is 2.54. The van der Waals surface area contributed by atoms with Crippen molar-refractivity contribution < 1.29 is 9.90 Å². The van der Waals surface area contributed by atoms with Crippen molar-refractivity contribution in [3.8, 4) is 9.75 Å². The molecule has 0 aliphatic carbocycles. The highest BCUT2D eigenvalue weighted by Crippen LogP contribution is 2.35. The number of aryl methyl sites for hydroxylation is 2. The molecule has 0 unspecified atom stereocenters. The van der Waals surface area contributed by atoms with Gasteiger partial charge >= 0.3 is 5.97 Å². The molecular weight excluding hydrogens is 242 g/mol. The lowest BCUT2D eigenvalue weighted by atomic mass is 10.3. The van der Waals surface area contributed by atoms with Crippen LogP contribution in [0.1, 0.15) is 27.3 Å². The van der Waals surface area contributed by atoms with Crippen LogP contribution >= 0.6 is 22.7 Å². The number of hydrogen-bond donors (Lipinski definition) is 1. The minimum atomic E-state index is -0.947. The van der Waals surface area contributed by atoms with E-state index in [9.17, 15) is 4.79 Å². The molecule has 0 spiro atoms. The molecule has 1 N–H and O–H groups in total. The molecule has 0 saturated heterocycles. The van der Waals surface area contributed by atoms with Gasteiger partial charge in [0, 0.05) is 9.75 Å². The molecule has 5 heteroatoms. The lowest BCUT2D eigenvalue weighted by Gasteiger charge is -1.92. The van der Waals surface area contributed by atoms with Gasteiger partial charge in [-0.3, -0.25) is 0 Å². The molecule has 0 saturated carbocycles. The molecule has 0 aromatic carbocycles. The number of aromatic carboxylic acids is 1. The maximum atomic E-state index is 11.1. The van der Waals surface area contributed by atoms with Crippen LogP contribution < -0.4 is 0 Å². The molecule has 2 aromatic heterocycles. The minimum Gasteiger partial charge on any atom is -0.476 e. The number of carboxylic acids is 1. The van der Waals surface area contributed by atoms with E-state index in [0.29, 0.717) is 0 Å². The summed E-state index contributed by atoms with van der Waals surface area (Å²) in [6, 6.07) is 3.95. The highest BCUT2D eigenvalue weighted by Gasteiger charge is 2.18. The largest absolute Gasteiger partial charge is 0.476 e. The third-order valence-corrected chi connectivity index (χ3v) is 4.52. The van der Waals surface area contributed by atoms with E-state index >= 15 is 0 Å². The summed E-state index contributed by atoms with van der Waals surface area (Å²) >= 11 is 3.08. The summed E-state index contributed by atoms with van der Waals surface area (Å²) in [7, 11) is 0. The van der Waals surface area contributed by atoms with Gasteiger partial charge in [0.2, 0.25) is 0 Å². The predicted molar refractivity (Wildman–Crippen MR) is 66.5 cm³/mol. The van der Waals surface area contributed by atoms with Crippen molar-refractivity contribution in [2.45, 2.75) is 20.3 Å². The molecule has 0 amide bonds. The molecule has 0 aliphatic rings. The van der Waals surface area contributed by atoms with Crippen molar-refractivity contribution in [3.05, 3.63) is 27.7 Å². The Kier molecular flexibility index (Phi) is 3.07. The van der Waals surface area contributed by atoms with E-state index in [1.807, 2.05) is 26.0 Å². The second-order valence-corrected chi connectivity index (χ2v) is 5.73. The van der Waals surface area contributed by atoms with Gasteiger partial charge in [0.1, 0.15) is 0 Å². The summed E-state index contributed by atoms with van der Waals surface area (Å²) in [5.74, 6) is -0.947. The molecule has 2 rings (SSSR count). The molecule has 3 nitrogen and oxygen atoms in total. The van der Waals surface area contributed by atoms with Gasteiger partial charge in [-0.2, -0.15) is 0 Å². The van der Waals surface area contributed by atoms with Gasteiger partial charge in [0.25, 0.3) is 0 Å². The van der Waals surface area contributed by atoms with Crippen LogP contribution in [0.5, 0.6) is 0 Å². The number of carbonyl (C=O) groups is 1. The number of aromatic nitrogens is 1. The van der Waals surface area contributed by atoms with E-state index < -0.39 is 5.97 Å². The molecule has 0 radical (unpaired) electrons. The second kappa shape index (κ2) is 4.35. The van der Waals surface area contributed by atoms with E-state index in [1.54, 1.807) is 11.3 Å². The summed E-state index contributed by atoms with van der Waals surface area (Å²) in [5, 5.41) is 9.96. The van der Waals surface area contributed by atoms with Crippen LogP contribution in [-0.4, -0.2) is 16.1 Å². The Bertz CT molecular complexity index is 528. The predicted octanol–water partition coefficient (Wildman–Crippen LogP) is 3.44. The smallest absolute Gasteiger partial charge is 0.356 e. The van der Waals surface area contributed by atoms with E-state index in [1.165, 1.54) is 16.2 Å². The maximum Gasteiger partial charge on any atom is 0.356 e. The molecule has 0 aliphatic heterocycles. The van der Waals surface area contributed by atoms with Crippen LogP contribution in [0.4, 0.5) is 0 Å². The Morgan fingerprint density at radius 1 is 1.44 bits per heavy atom. The average Bonchev–Trinajstić information content (AvgIpc) is 2.82. The number of carboxylic acid groups (broad SMARTS) is 1. The van der Waals surface area contributed by atoms with Gasteiger partial charge in [-0.1, -0.05) is 6.92 Å². The van der Waals surface area contributed by atoms with Gasteiger partial charge in [0.15, 0.2) is 5.69 Å². The fourth-order valence-corrected chi connectivity index (χ4v) is 3.36. The Hall–Kier alpha value is -1.20. The quantitative estimate of drug-likeness (QED) is 0.911. The number of hydrogen-bond acceptors (Lipinski definition) is 4. The summed E-state index contributed by atoms with van der Waals surface area (Å²) in [4.78, 5) is 18.2. The van der Waals surface area contributed by atoms with Crippen LogP contribution in [-0.2, 0) is 6.42 Å². The highest BCUT2D eigenvalue weighted by molar-refractivity contribution is 7.22. The Morgan fingerprint density at radius 3 is 2.69 bits per heavy atom. The summed E-state index contributed by atoms with van der Waals surface area (Å²) in [6.45, 7) is 3.99.